The van der Waals surface area contributed by atoms with E-state index in [9.17, 15) is 14.0 Å². The van der Waals surface area contributed by atoms with Gasteiger partial charge in [-0.2, -0.15) is 0 Å². The highest BCUT2D eigenvalue weighted by atomic mass is 35.5. The predicted octanol–water partition coefficient (Wildman–Crippen LogP) is 3.70. The zero-order valence-corrected chi connectivity index (χ0v) is 15.1. The summed E-state index contributed by atoms with van der Waals surface area (Å²) in [6, 6.07) is 10.8. The molecule has 2 aromatic carbocycles. The molecule has 0 radical (unpaired) electrons. The Kier molecular flexibility index (Phi) is 4.79. The average molecular weight is 402 g/mol. The molecular formula is C19H13ClFN3O4. The minimum Gasteiger partial charge on any atom is -0.455 e. The minimum absolute atomic E-state index is 0.0860. The van der Waals surface area contributed by atoms with Crippen molar-refractivity contribution in [3.8, 4) is 11.5 Å². The van der Waals surface area contributed by atoms with Crippen molar-refractivity contribution in [2.75, 3.05) is 5.32 Å². The number of hydrogen-bond acceptors (Lipinski definition) is 6. The van der Waals surface area contributed by atoms with Gasteiger partial charge in [-0.15, -0.1) is 10.2 Å². The first kappa shape index (κ1) is 18.1. The largest absolute Gasteiger partial charge is 0.455 e. The van der Waals surface area contributed by atoms with E-state index in [1.165, 1.54) is 18.2 Å². The topological polar surface area (TPSA) is 94.3 Å². The summed E-state index contributed by atoms with van der Waals surface area (Å²) in [5, 5.41) is 10.7. The van der Waals surface area contributed by atoms with Crippen LogP contribution < -0.4 is 5.32 Å². The van der Waals surface area contributed by atoms with E-state index in [1.807, 2.05) is 0 Å². The van der Waals surface area contributed by atoms with E-state index in [1.54, 1.807) is 24.3 Å². The second kappa shape index (κ2) is 7.40. The Balaban J connectivity index is 1.47. The van der Waals surface area contributed by atoms with Gasteiger partial charge >= 0.3 is 5.97 Å². The second-order valence-corrected chi connectivity index (χ2v) is 6.53. The molecule has 0 fully saturated rings. The first-order valence-electron chi connectivity index (χ1n) is 8.34. The summed E-state index contributed by atoms with van der Waals surface area (Å²) in [4.78, 5) is 24.3. The van der Waals surface area contributed by atoms with Gasteiger partial charge in [0.05, 0.1) is 16.5 Å². The van der Waals surface area contributed by atoms with Crippen molar-refractivity contribution < 1.29 is 23.1 Å². The Bertz CT molecular complexity index is 1070. The van der Waals surface area contributed by atoms with Crippen molar-refractivity contribution in [3.63, 3.8) is 0 Å². The van der Waals surface area contributed by atoms with E-state index < -0.39 is 17.7 Å². The van der Waals surface area contributed by atoms with Crippen molar-refractivity contribution in [1.82, 2.24) is 10.2 Å². The summed E-state index contributed by atoms with van der Waals surface area (Å²) in [5.74, 6) is -2.09. The number of fused-ring (bicyclic) bond motifs is 1. The van der Waals surface area contributed by atoms with Gasteiger partial charge < -0.3 is 14.5 Å². The Morgan fingerprint density at radius 3 is 2.93 bits per heavy atom. The number of carbonyl (C=O) groups is 2. The first-order chi connectivity index (χ1) is 13.5. The van der Waals surface area contributed by atoms with E-state index in [4.69, 9.17) is 20.8 Å². The summed E-state index contributed by atoms with van der Waals surface area (Å²) in [6.45, 7) is -0.259. The maximum atomic E-state index is 13.4. The Labute approximate surface area is 163 Å². The van der Waals surface area contributed by atoms with Gasteiger partial charge in [-0.25, -0.2) is 4.39 Å². The number of anilines is 1. The highest BCUT2D eigenvalue weighted by Crippen LogP contribution is 2.34. The molecule has 28 heavy (non-hydrogen) atoms. The van der Waals surface area contributed by atoms with Crippen LogP contribution in [0.4, 0.5) is 10.1 Å². The van der Waals surface area contributed by atoms with E-state index in [0.29, 0.717) is 16.1 Å². The van der Waals surface area contributed by atoms with Gasteiger partial charge in [0, 0.05) is 12.1 Å². The SMILES string of the molecule is O=C1CC(C(=O)OCc2nnc(-c3ccccc3Cl)o2)c2ccc(F)cc2N1. The maximum Gasteiger partial charge on any atom is 0.314 e. The molecule has 0 aliphatic carbocycles. The third kappa shape index (κ3) is 3.59. The number of ether oxygens (including phenoxy) is 1. The van der Waals surface area contributed by atoms with Crippen LogP contribution in [0.25, 0.3) is 11.5 Å². The fourth-order valence-electron chi connectivity index (χ4n) is 2.94. The van der Waals surface area contributed by atoms with Crippen LogP contribution >= 0.6 is 11.6 Å². The second-order valence-electron chi connectivity index (χ2n) is 6.12. The van der Waals surface area contributed by atoms with E-state index in [-0.39, 0.29) is 36.4 Å². The Morgan fingerprint density at radius 1 is 1.29 bits per heavy atom. The van der Waals surface area contributed by atoms with Crippen LogP contribution in [0.3, 0.4) is 0 Å². The van der Waals surface area contributed by atoms with Crippen molar-refractivity contribution in [1.29, 1.82) is 0 Å². The van der Waals surface area contributed by atoms with Gasteiger partial charge in [0.25, 0.3) is 5.89 Å². The van der Waals surface area contributed by atoms with Gasteiger partial charge in [0.1, 0.15) is 5.82 Å². The van der Waals surface area contributed by atoms with Crippen molar-refractivity contribution in [2.45, 2.75) is 18.9 Å². The normalized spacial score (nSPS) is 15.6. The van der Waals surface area contributed by atoms with Crippen LogP contribution in [0, 0.1) is 5.82 Å². The molecule has 1 aliphatic heterocycles. The number of rotatable bonds is 4. The summed E-state index contributed by atoms with van der Waals surface area (Å²) in [6.07, 6.45) is -0.0911. The molecule has 3 aromatic rings. The molecule has 1 atom stereocenters. The van der Waals surface area contributed by atoms with Gasteiger partial charge in [-0.1, -0.05) is 29.8 Å². The molecule has 7 nitrogen and oxygen atoms in total. The lowest BCUT2D eigenvalue weighted by Gasteiger charge is -2.23. The minimum atomic E-state index is -0.838. The van der Waals surface area contributed by atoms with Crippen molar-refractivity contribution in [2.24, 2.45) is 0 Å². The number of esters is 1. The number of hydrogen-bond donors (Lipinski definition) is 1. The lowest BCUT2D eigenvalue weighted by molar-refractivity contribution is -0.148. The van der Waals surface area contributed by atoms with E-state index >= 15 is 0 Å². The number of halogens is 2. The molecule has 1 aliphatic rings. The lowest BCUT2D eigenvalue weighted by atomic mass is 9.90. The van der Waals surface area contributed by atoms with Gasteiger partial charge in [0.15, 0.2) is 6.61 Å². The third-order valence-corrected chi connectivity index (χ3v) is 4.58. The van der Waals surface area contributed by atoms with Gasteiger partial charge in [-0.3, -0.25) is 9.59 Å². The number of aromatic nitrogens is 2. The molecule has 0 spiro atoms. The monoisotopic (exact) mass is 401 g/mol. The molecule has 9 heteroatoms. The summed E-state index contributed by atoms with van der Waals surface area (Å²) in [5.41, 5.74) is 1.32. The number of nitrogens with zero attached hydrogens (tertiary/aromatic N) is 2. The van der Waals surface area contributed by atoms with Crippen molar-refractivity contribution >= 4 is 29.2 Å². The van der Waals surface area contributed by atoms with Crippen LogP contribution in [0.15, 0.2) is 46.9 Å². The molecular weight excluding hydrogens is 389 g/mol. The van der Waals surface area contributed by atoms with Crippen LogP contribution in [0.2, 0.25) is 5.02 Å². The summed E-state index contributed by atoms with van der Waals surface area (Å²) < 4.78 is 24.1. The number of benzene rings is 2. The molecule has 1 unspecified atom stereocenters. The zero-order valence-electron chi connectivity index (χ0n) is 14.3. The molecule has 2 heterocycles. The summed E-state index contributed by atoms with van der Waals surface area (Å²) in [7, 11) is 0. The average Bonchev–Trinajstić information content (AvgIpc) is 3.14. The molecule has 1 N–H and O–H groups in total. The van der Waals surface area contributed by atoms with Crippen LogP contribution in [0.1, 0.15) is 23.8 Å². The van der Waals surface area contributed by atoms with Crippen LogP contribution in [-0.2, 0) is 20.9 Å². The molecule has 0 bridgehead atoms. The number of nitrogens with one attached hydrogen (secondary N) is 1. The van der Waals surface area contributed by atoms with Gasteiger partial charge in [0.2, 0.25) is 11.8 Å². The number of amides is 1. The Morgan fingerprint density at radius 2 is 2.11 bits per heavy atom. The standard InChI is InChI=1S/C19H13ClFN3O4/c20-14-4-2-1-3-12(14)18-24-23-17(28-18)9-27-19(26)13-8-16(25)22-15-7-10(21)5-6-11(13)15/h1-7,13H,8-9H2,(H,22,25). The highest BCUT2D eigenvalue weighted by molar-refractivity contribution is 6.33. The first-order valence-corrected chi connectivity index (χ1v) is 8.72. The third-order valence-electron chi connectivity index (χ3n) is 4.25. The fourth-order valence-corrected chi connectivity index (χ4v) is 3.15. The van der Waals surface area contributed by atoms with Crippen LogP contribution in [0.5, 0.6) is 0 Å². The predicted molar refractivity (Wildman–Crippen MR) is 96.9 cm³/mol. The number of carbonyl (C=O) groups excluding carboxylic acids is 2. The molecule has 1 aromatic heterocycles. The van der Waals surface area contributed by atoms with E-state index in [0.717, 1.165) is 0 Å². The van der Waals surface area contributed by atoms with Crippen LogP contribution in [-0.4, -0.2) is 22.1 Å². The smallest absolute Gasteiger partial charge is 0.314 e. The van der Waals surface area contributed by atoms with Gasteiger partial charge in [-0.05, 0) is 29.8 Å². The molecule has 0 saturated heterocycles. The molecule has 4 rings (SSSR count). The van der Waals surface area contributed by atoms with Crippen molar-refractivity contribution in [3.05, 3.63) is 64.8 Å². The lowest BCUT2D eigenvalue weighted by Crippen LogP contribution is -2.28. The zero-order chi connectivity index (χ0) is 19.7. The summed E-state index contributed by atoms with van der Waals surface area (Å²) >= 11 is 6.09. The fraction of sp³-hybridized carbons (Fsp3) is 0.158. The maximum absolute atomic E-state index is 13.4. The molecule has 1 amide bonds. The highest BCUT2D eigenvalue weighted by Gasteiger charge is 2.32. The van der Waals surface area contributed by atoms with E-state index in [2.05, 4.69) is 15.5 Å². The molecule has 142 valence electrons. The molecule has 0 saturated carbocycles. The quantitative estimate of drug-likeness (QED) is 0.670. The Hall–Kier alpha value is -3.26.